The Morgan fingerprint density at radius 1 is 1.11 bits per heavy atom. The van der Waals surface area contributed by atoms with Gasteiger partial charge < -0.3 is 19.0 Å². The minimum atomic E-state index is -2.98. The number of Topliss-reactive ketones (excluding diaryl/α,β-unsaturated/α-hetero) is 1. The number of H-pyrrole nitrogens is 1. The van der Waals surface area contributed by atoms with Crippen LogP contribution in [0.3, 0.4) is 0 Å². The van der Waals surface area contributed by atoms with Crippen LogP contribution in [-0.2, 0) is 17.6 Å². The van der Waals surface area contributed by atoms with E-state index in [9.17, 15) is 18.4 Å². The molecule has 0 radical (unpaired) electrons. The maximum Gasteiger partial charge on any atom is 0.387 e. The summed E-state index contributed by atoms with van der Waals surface area (Å²) in [6.45, 7) is -1.46. The van der Waals surface area contributed by atoms with Crippen molar-refractivity contribution in [1.82, 2.24) is 19.5 Å². The maximum absolute atomic E-state index is 12.7. The van der Waals surface area contributed by atoms with Gasteiger partial charge in [-0.3, -0.25) is 9.59 Å². The maximum atomic E-state index is 12.7. The molecule has 4 rings (SSSR count). The van der Waals surface area contributed by atoms with Gasteiger partial charge >= 0.3 is 6.61 Å². The summed E-state index contributed by atoms with van der Waals surface area (Å²) in [4.78, 5) is 36.7. The molecule has 0 amide bonds. The van der Waals surface area contributed by atoms with E-state index in [-0.39, 0.29) is 29.2 Å². The van der Waals surface area contributed by atoms with Crippen LogP contribution in [0, 0.1) is 0 Å². The molecule has 4 aromatic rings. The average Bonchev–Trinajstić information content (AvgIpc) is 3.27. The topological polar surface area (TPSA) is 99.1 Å². The van der Waals surface area contributed by atoms with Gasteiger partial charge in [0.15, 0.2) is 28.4 Å². The Morgan fingerprint density at radius 3 is 2.58 bits per heavy atom. The molecule has 10 heteroatoms. The zero-order valence-corrected chi connectivity index (χ0v) is 19.9. The number of fused-ring (bicyclic) bond motifs is 1. The van der Waals surface area contributed by atoms with Crippen molar-refractivity contribution in [3.05, 3.63) is 82.2 Å². The highest BCUT2D eigenvalue weighted by Gasteiger charge is 2.21. The molecule has 0 saturated heterocycles. The Morgan fingerprint density at radius 2 is 1.89 bits per heavy atom. The highest BCUT2D eigenvalue weighted by atomic mass is 19.3. The minimum absolute atomic E-state index is 0.0506. The van der Waals surface area contributed by atoms with Gasteiger partial charge in [0.1, 0.15) is 5.82 Å². The lowest BCUT2D eigenvalue weighted by molar-refractivity contribution is -0.120. The van der Waals surface area contributed by atoms with Crippen LogP contribution in [-0.4, -0.2) is 39.0 Å². The molecule has 36 heavy (non-hydrogen) atoms. The molecule has 0 aliphatic rings. The Labute approximate surface area is 205 Å². The number of methoxy groups -OCH3 is 1. The number of aryl methyl sites for hydroxylation is 1. The summed E-state index contributed by atoms with van der Waals surface area (Å²) in [6, 6.07) is 14.0. The van der Waals surface area contributed by atoms with Crippen LogP contribution in [0.2, 0.25) is 0 Å². The number of imidazole rings is 1. The van der Waals surface area contributed by atoms with Crippen molar-refractivity contribution < 1.29 is 23.0 Å². The number of ether oxygens (including phenoxy) is 2. The van der Waals surface area contributed by atoms with Gasteiger partial charge in [-0.1, -0.05) is 36.4 Å². The smallest absolute Gasteiger partial charge is 0.387 e. The lowest BCUT2D eigenvalue weighted by atomic mass is 10.0. The second-order valence-electron chi connectivity index (χ2n) is 8.38. The summed E-state index contributed by atoms with van der Waals surface area (Å²) in [5, 5.41) is 0. The fraction of sp³-hybridized carbons (Fsp3) is 0.308. The summed E-state index contributed by atoms with van der Waals surface area (Å²) in [5.74, 6) is 0.332. The number of ketones is 1. The van der Waals surface area contributed by atoms with E-state index in [1.807, 2.05) is 30.3 Å². The van der Waals surface area contributed by atoms with Crippen molar-refractivity contribution in [2.24, 2.45) is 0 Å². The van der Waals surface area contributed by atoms with Crippen LogP contribution < -0.4 is 15.0 Å². The van der Waals surface area contributed by atoms with Gasteiger partial charge in [0.25, 0.3) is 5.56 Å². The summed E-state index contributed by atoms with van der Waals surface area (Å²) in [5.41, 5.74) is 1.88. The van der Waals surface area contributed by atoms with Gasteiger partial charge in [-0.05, 0) is 49.4 Å². The third-order valence-corrected chi connectivity index (χ3v) is 5.89. The zero-order chi connectivity index (χ0) is 25.7. The fourth-order valence-electron chi connectivity index (χ4n) is 4.17. The minimum Gasteiger partial charge on any atom is -0.493 e. The average molecular weight is 497 g/mol. The van der Waals surface area contributed by atoms with Gasteiger partial charge in [-0.2, -0.15) is 8.78 Å². The number of rotatable bonds is 11. The Bertz CT molecular complexity index is 1400. The van der Waals surface area contributed by atoms with Crippen LogP contribution in [0.15, 0.2) is 59.7 Å². The summed E-state index contributed by atoms with van der Waals surface area (Å²) >= 11 is 0. The first-order chi connectivity index (χ1) is 17.4. The number of carbonyl (C=O) groups excluding carboxylic acids is 1. The van der Waals surface area contributed by atoms with Crippen LogP contribution in [0.1, 0.15) is 42.8 Å². The van der Waals surface area contributed by atoms with E-state index in [0.29, 0.717) is 23.5 Å². The number of alkyl halides is 2. The van der Waals surface area contributed by atoms with Gasteiger partial charge in [0.05, 0.1) is 19.5 Å². The van der Waals surface area contributed by atoms with Gasteiger partial charge in [-0.15, -0.1) is 0 Å². The SMILES string of the molecule is COc1cc(Cc2nc3c(ncn3C(CCCc3ccccc3)C(C)=O)c(=O)[nH]2)ccc1OC(F)F. The van der Waals surface area contributed by atoms with E-state index in [0.717, 1.165) is 12.8 Å². The number of nitrogens with zero attached hydrogens (tertiary/aromatic N) is 3. The molecule has 188 valence electrons. The van der Waals surface area contributed by atoms with Gasteiger partial charge in [0, 0.05) is 6.42 Å². The second kappa shape index (κ2) is 11.1. The Kier molecular flexibility index (Phi) is 7.72. The molecule has 0 saturated carbocycles. The molecule has 1 unspecified atom stereocenters. The molecule has 0 aliphatic carbocycles. The lowest BCUT2D eigenvalue weighted by Crippen LogP contribution is -2.19. The summed E-state index contributed by atoms with van der Waals surface area (Å²) in [6.07, 6.45) is 3.84. The van der Waals surface area contributed by atoms with Crippen molar-refractivity contribution in [1.29, 1.82) is 0 Å². The van der Waals surface area contributed by atoms with Crippen LogP contribution in [0.25, 0.3) is 11.2 Å². The monoisotopic (exact) mass is 496 g/mol. The predicted molar refractivity (Wildman–Crippen MR) is 130 cm³/mol. The molecule has 2 heterocycles. The number of halogens is 2. The lowest BCUT2D eigenvalue weighted by Gasteiger charge is -2.16. The summed E-state index contributed by atoms with van der Waals surface area (Å²) in [7, 11) is 1.35. The number of benzene rings is 2. The molecule has 8 nitrogen and oxygen atoms in total. The largest absolute Gasteiger partial charge is 0.493 e. The van der Waals surface area contributed by atoms with Crippen molar-refractivity contribution in [2.75, 3.05) is 7.11 Å². The van der Waals surface area contributed by atoms with Crippen LogP contribution >= 0.6 is 0 Å². The fourth-order valence-corrected chi connectivity index (χ4v) is 4.17. The first kappa shape index (κ1) is 25.0. The van der Waals surface area contributed by atoms with E-state index >= 15 is 0 Å². The summed E-state index contributed by atoms with van der Waals surface area (Å²) < 4.78 is 36.5. The van der Waals surface area contributed by atoms with Crippen molar-refractivity contribution in [2.45, 2.75) is 45.3 Å². The Hall–Kier alpha value is -4.08. The van der Waals surface area contributed by atoms with Crippen molar-refractivity contribution >= 4 is 16.9 Å². The molecule has 0 aliphatic heterocycles. The van der Waals surface area contributed by atoms with Gasteiger partial charge in [-0.25, -0.2) is 9.97 Å². The molecule has 0 bridgehead atoms. The number of hydrogen-bond donors (Lipinski definition) is 1. The van der Waals surface area contributed by atoms with E-state index in [1.165, 1.54) is 32.0 Å². The van der Waals surface area contributed by atoms with E-state index in [1.54, 1.807) is 16.7 Å². The molecule has 2 aromatic heterocycles. The third-order valence-electron chi connectivity index (χ3n) is 5.89. The first-order valence-corrected chi connectivity index (χ1v) is 11.5. The van der Waals surface area contributed by atoms with E-state index in [2.05, 4.69) is 19.7 Å². The molecule has 0 spiro atoms. The number of aromatic amines is 1. The number of hydrogen-bond acceptors (Lipinski definition) is 6. The standard InChI is InChI=1S/C26H26F2N4O4/c1-16(33)19(10-6-9-17-7-4-3-5-8-17)32-15-29-23-24(32)30-22(31-25(23)34)14-18-11-12-20(36-26(27)28)21(13-18)35-2/h3-5,7-8,11-13,15,19,26H,6,9-10,14H2,1-2H3,(H,30,31,34). The molecule has 2 aromatic carbocycles. The zero-order valence-electron chi connectivity index (χ0n) is 19.9. The number of aromatic nitrogens is 4. The van der Waals surface area contributed by atoms with Crippen LogP contribution in [0.4, 0.5) is 8.78 Å². The number of carbonyl (C=O) groups is 1. The Balaban J connectivity index is 1.59. The van der Waals surface area contributed by atoms with Crippen LogP contribution in [0.5, 0.6) is 11.5 Å². The highest BCUT2D eigenvalue weighted by molar-refractivity contribution is 5.82. The molecular weight excluding hydrogens is 470 g/mol. The van der Waals surface area contributed by atoms with Crippen molar-refractivity contribution in [3.63, 3.8) is 0 Å². The third kappa shape index (κ3) is 5.76. The van der Waals surface area contributed by atoms with Gasteiger partial charge in [0.2, 0.25) is 0 Å². The van der Waals surface area contributed by atoms with E-state index < -0.39 is 18.2 Å². The van der Waals surface area contributed by atoms with Crippen molar-refractivity contribution in [3.8, 4) is 11.5 Å². The molecule has 1 atom stereocenters. The quantitative estimate of drug-likeness (QED) is 0.329. The second-order valence-corrected chi connectivity index (χ2v) is 8.38. The number of nitrogens with one attached hydrogen (secondary N) is 1. The first-order valence-electron chi connectivity index (χ1n) is 11.5. The molecular formula is C26H26F2N4O4. The molecule has 0 fully saturated rings. The normalized spacial score (nSPS) is 12.1. The van der Waals surface area contributed by atoms with E-state index in [4.69, 9.17) is 4.74 Å². The molecule has 1 N–H and O–H groups in total. The highest BCUT2D eigenvalue weighted by Crippen LogP contribution is 2.30. The predicted octanol–water partition coefficient (Wildman–Crippen LogP) is 4.47.